The maximum absolute atomic E-state index is 11.3. The van der Waals surface area contributed by atoms with Gasteiger partial charge in [-0.25, -0.2) is 14.6 Å². The molecule has 0 spiro atoms. The van der Waals surface area contributed by atoms with Crippen molar-refractivity contribution >= 4 is 29.2 Å². The first-order chi connectivity index (χ1) is 6.65. The lowest BCUT2D eigenvalue weighted by Crippen LogP contribution is -2.21. The van der Waals surface area contributed by atoms with E-state index in [4.69, 9.17) is 10.5 Å². The van der Waals surface area contributed by atoms with E-state index in [1.807, 2.05) is 0 Å². The topological polar surface area (TPSA) is 94.3 Å². The van der Waals surface area contributed by atoms with Crippen LogP contribution in [0, 0.1) is 0 Å². The number of amides is 2. The molecule has 0 aliphatic rings. The SMILES string of the molecule is CCOC(=O)c1scnc1NC(N)=O. The summed E-state index contributed by atoms with van der Waals surface area (Å²) in [5.41, 5.74) is 6.32. The molecule has 0 aromatic carbocycles. The zero-order valence-electron chi connectivity index (χ0n) is 7.44. The maximum Gasteiger partial charge on any atom is 0.352 e. The summed E-state index contributed by atoms with van der Waals surface area (Å²) in [7, 11) is 0. The van der Waals surface area contributed by atoms with E-state index >= 15 is 0 Å². The predicted molar refractivity (Wildman–Crippen MR) is 51.3 cm³/mol. The Balaban J connectivity index is 2.81. The van der Waals surface area contributed by atoms with Gasteiger partial charge < -0.3 is 10.5 Å². The normalized spacial score (nSPS) is 9.50. The molecule has 0 aliphatic carbocycles. The van der Waals surface area contributed by atoms with E-state index in [0.717, 1.165) is 11.3 Å². The minimum Gasteiger partial charge on any atom is -0.462 e. The van der Waals surface area contributed by atoms with Gasteiger partial charge in [-0.2, -0.15) is 0 Å². The van der Waals surface area contributed by atoms with Gasteiger partial charge in [-0.3, -0.25) is 5.32 Å². The van der Waals surface area contributed by atoms with E-state index in [-0.39, 0.29) is 17.3 Å². The second kappa shape index (κ2) is 4.56. The summed E-state index contributed by atoms with van der Waals surface area (Å²) in [6.07, 6.45) is 0. The van der Waals surface area contributed by atoms with Crippen LogP contribution < -0.4 is 11.1 Å². The number of rotatable bonds is 3. The van der Waals surface area contributed by atoms with E-state index in [2.05, 4.69) is 10.3 Å². The molecule has 14 heavy (non-hydrogen) atoms. The minimum atomic E-state index is -0.763. The van der Waals surface area contributed by atoms with Crippen molar-refractivity contribution in [3.8, 4) is 0 Å². The van der Waals surface area contributed by atoms with Gasteiger partial charge in [-0.05, 0) is 6.92 Å². The molecule has 0 aliphatic heterocycles. The van der Waals surface area contributed by atoms with E-state index < -0.39 is 12.0 Å². The Labute approximate surface area is 84.1 Å². The number of primary amides is 1. The van der Waals surface area contributed by atoms with Crippen LogP contribution in [0.1, 0.15) is 16.6 Å². The molecule has 0 fully saturated rings. The molecule has 1 aromatic heterocycles. The van der Waals surface area contributed by atoms with E-state index in [1.54, 1.807) is 6.92 Å². The second-order valence-corrected chi connectivity index (χ2v) is 3.09. The Hall–Kier alpha value is -1.63. The van der Waals surface area contributed by atoms with Crippen molar-refractivity contribution in [2.75, 3.05) is 11.9 Å². The number of nitrogens with two attached hydrogens (primary N) is 1. The zero-order valence-corrected chi connectivity index (χ0v) is 8.26. The molecule has 0 saturated carbocycles. The Morgan fingerprint density at radius 1 is 1.71 bits per heavy atom. The first kappa shape index (κ1) is 10.5. The number of nitrogens with one attached hydrogen (secondary N) is 1. The third-order valence-corrected chi connectivity index (χ3v) is 2.08. The van der Waals surface area contributed by atoms with Gasteiger partial charge in [0.25, 0.3) is 0 Å². The van der Waals surface area contributed by atoms with Crippen LogP contribution in [0.2, 0.25) is 0 Å². The second-order valence-electron chi connectivity index (χ2n) is 2.24. The number of carbonyl (C=O) groups excluding carboxylic acids is 2. The van der Waals surface area contributed by atoms with E-state index in [0.29, 0.717) is 0 Å². The summed E-state index contributed by atoms with van der Waals surface area (Å²) in [6, 6.07) is -0.763. The lowest BCUT2D eigenvalue weighted by molar-refractivity contribution is 0.0533. The van der Waals surface area contributed by atoms with Crippen molar-refractivity contribution in [2.45, 2.75) is 6.92 Å². The average Bonchev–Trinajstić information content (AvgIpc) is 2.51. The molecule has 0 radical (unpaired) electrons. The number of esters is 1. The fourth-order valence-electron chi connectivity index (χ4n) is 0.793. The highest BCUT2D eigenvalue weighted by Crippen LogP contribution is 2.19. The largest absolute Gasteiger partial charge is 0.462 e. The van der Waals surface area contributed by atoms with Gasteiger partial charge >= 0.3 is 12.0 Å². The maximum atomic E-state index is 11.3. The van der Waals surface area contributed by atoms with Crippen molar-refractivity contribution in [3.63, 3.8) is 0 Å². The van der Waals surface area contributed by atoms with Crippen LogP contribution in [0.4, 0.5) is 10.6 Å². The standard InChI is InChI=1S/C7H9N3O3S/c1-2-13-6(11)4-5(9-3-14-4)10-7(8)12/h3H,2H2,1H3,(H3,8,10,12). The first-order valence-corrected chi connectivity index (χ1v) is 4.70. The highest BCUT2D eigenvalue weighted by atomic mass is 32.1. The van der Waals surface area contributed by atoms with E-state index in [1.165, 1.54) is 5.51 Å². The monoisotopic (exact) mass is 215 g/mol. The summed E-state index contributed by atoms with van der Waals surface area (Å²) in [4.78, 5) is 25.8. The highest BCUT2D eigenvalue weighted by Gasteiger charge is 2.16. The summed E-state index contributed by atoms with van der Waals surface area (Å²) in [5.74, 6) is -0.375. The third kappa shape index (κ3) is 2.43. The van der Waals surface area contributed by atoms with Gasteiger partial charge in [0.15, 0.2) is 10.7 Å². The lowest BCUT2D eigenvalue weighted by Gasteiger charge is -2.01. The van der Waals surface area contributed by atoms with Crippen LogP contribution in [-0.4, -0.2) is 23.6 Å². The van der Waals surface area contributed by atoms with Crippen molar-refractivity contribution in [2.24, 2.45) is 5.73 Å². The Bertz CT molecular complexity index is 350. The molecular weight excluding hydrogens is 206 g/mol. The lowest BCUT2D eigenvalue weighted by atomic mass is 10.5. The number of ether oxygens (including phenoxy) is 1. The van der Waals surface area contributed by atoms with Crippen molar-refractivity contribution in [1.82, 2.24) is 4.98 Å². The number of anilines is 1. The number of hydrogen-bond acceptors (Lipinski definition) is 5. The summed E-state index contributed by atoms with van der Waals surface area (Å²) < 4.78 is 4.75. The van der Waals surface area contributed by atoms with Gasteiger partial charge in [0.2, 0.25) is 0 Å². The Morgan fingerprint density at radius 2 is 2.43 bits per heavy atom. The first-order valence-electron chi connectivity index (χ1n) is 3.82. The van der Waals surface area contributed by atoms with Crippen LogP contribution in [-0.2, 0) is 4.74 Å². The Kier molecular flexibility index (Phi) is 3.41. The Morgan fingerprint density at radius 3 is 3.00 bits per heavy atom. The molecule has 3 N–H and O–H groups in total. The molecule has 7 heteroatoms. The zero-order chi connectivity index (χ0) is 10.6. The molecule has 1 rings (SSSR count). The minimum absolute atomic E-state index is 0.140. The van der Waals surface area contributed by atoms with Gasteiger partial charge in [0, 0.05) is 0 Å². The number of carbonyl (C=O) groups is 2. The van der Waals surface area contributed by atoms with E-state index in [9.17, 15) is 9.59 Å². The van der Waals surface area contributed by atoms with Crippen LogP contribution in [0.3, 0.4) is 0 Å². The number of nitrogens with zero attached hydrogens (tertiary/aromatic N) is 1. The van der Waals surface area contributed by atoms with Crippen molar-refractivity contribution in [3.05, 3.63) is 10.4 Å². The smallest absolute Gasteiger partial charge is 0.352 e. The van der Waals surface area contributed by atoms with Crippen LogP contribution in [0.5, 0.6) is 0 Å². The number of urea groups is 1. The molecule has 0 bridgehead atoms. The third-order valence-electron chi connectivity index (χ3n) is 1.27. The molecule has 1 aromatic rings. The quantitative estimate of drug-likeness (QED) is 0.729. The van der Waals surface area contributed by atoms with Gasteiger partial charge in [-0.15, -0.1) is 11.3 Å². The molecule has 1 heterocycles. The number of aromatic nitrogens is 1. The fraction of sp³-hybridized carbons (Fsp3) is 0.286. The molecule has 76 valence electrons. The van der Waals surface area contributed by atoms with Crippen LogP contribution >= 0.6 is 11.3 Å². The van der Waals surface area contributed by atoms with Crippen LogP contribution in [0.25, 0.3) is 0 Å². The number of hydrogen-bond donors (Lipinski definition) is 2. The highest BCUT2D eigenvalue weighted by molar-refractivity contribution is 7.12. The molecule has 6 nitrogen and oxygen atoms in total. The van der Waals surface area contributed by atoms with Gasteiger partial charge in [-0.1, -0.05) is 0 Å². The molecule has 0 atom stereocenters. The van der Waals surface area contributed by atoms with Crippen molar-refractivity contribution < 1.29 is 14.3 Å². The molecule has 2 amide bonds. The summed E-state index contributed by atoms with van der Waals surface area (Å²) >= 11 is 1.08. The predicted octanol–water partition coefficient (Wildman–Crippen LogP) is 0.810. The van der Waals surface area contributed by atoms with Gasteiger partial charge in [0.05, 0.1) is 12.1 Å². The average molecular weight is 215 g/mol. The number of thiazole rings is 1. The van der Waals surface area contributed by atoms with Crippen LogP contribution in [0.15, 0.2) is 5.51 Å². The summed E-state index contributed by atoms with van der Waals surface area (Å²) in [6.45, 7) is 1.97. The van der Waals surface area contributed by atoms with Gasteiger partial charge in [0.1, 0.15) is 0 Å². The summed E-state index contributed by atoms with van der Waals surface area (Å²) in [5, 5.41) is 2.23. The molecular formula is C7H9N3O3S. The fourth-order valence-corrected chi connectivity index (χ4v) is 1.43. The van der Waals surface area contributed by atoms with Crippen molar-refractivity contribution in [1.29, 1.82) is 0 Å². The molecule has 0 unspecified atom stereocenters. The molecule has 0 saturated heterocycles.